The summed E-state index contributed by atoms with van der Waals surface area (Å²) in [6.07, 6.45) is 91.4. The summed E-state index contributed by atoms with van der Waals surface area (Å²) in [7, 11) is -6.27. The standard InChI is InChI=1S/2C36H71O2P.Fe/c2*1-3-5-7-9-11-13-15-17-19-21-23-25-27-29-31-33-35-39(37,38)36-34-32-30-28-26-24-22-20-18-16-14-12-10-8-6-4-2;/h2*17-20H,3-16,21-36H2,1-2H3,(H,37,38);/q;;+2/p-2/b2*19-17-,20-18-;. The van der Waals surface area contributed by atoms with Gasteiger partial charge in [0.05, 0.1) is 0 Å². The molecule has 0 amide bonds. The summed E-state index contributed by atoms with van der Waals surface area (Å²) in [6.45, 7) is 9.09. The van der Waals surface area contributed by atoms with Crippen LogP contribution >= 0.6 is 14.7 Å². The molecule has 0 aliphatic heterocycles. The molecule has 0 atom stereocenters. The Morgan fingerprint density at radius 3 is 0.456 bits per heavy atom. The summed E-state index contributed by atoms with van der Waals surface area (Å²) in [5, 5.41) is 0. The Morgan fingerprint density at radius 1 is 0.203 bits per heavy atom. The minimum Gasteiger partial charge on any atom is -0.799 e. The molecular formula is C72H140FeO4P2. The topological polar surface area (TPSA) is 80.3 Å². The van der Waals surface area contributed by atoms with Gasteiger partial charge in [0.1, 0.15) is 0 Å². The molecule has 0 aliphatic rings. The van der Waals surface area contributed by atoms with E-state index in [-0.39, 0.29) is 17.1 Å². The molecule has 0 aliphatic carbocycles. The average molecular weight is 1190 g/mol. The molecule has 0 spiro atoms. The van der Waals surface area contributed by atoms with Gasteiger partial charge < -0.3 is 18.9 Å². The third-order valence-electron chi connectivity index (χ3n) is 16.0. The first-order chi connectivity index (χ1) is 38.2. The van der Waals surface area contributed by atoms with Crippen molar-refractivity contribution in [3.8, 4) is 0 Å². The minimum atomic E-state index is -3.14. The number of hydrogen-bond donors (Lipinski definition) is 0. The van der Waals surface area contributed by atoms with E-state index in [4.69, 9.17) is 0 Å². The molecule has 0 heterocycles. The Labute approximate surface area is 508 Å². The predicted octanol–water partition coefficient (Wildman–Crippen LogP) is 25.4. The molecule has 0 aromatic carbocycles. The van der Waals surface area contributed by atoms with Gasteiger partial charge in [-0.05, 0) is 153 Å². The van der Waals surface area contributed by atoms with Crippen LogP contribution in [0.5, 0.6) is 0 Å². The SMILES string of the molecule is CCCCCCCC/C=C\CCCCCCCCP(=O)([O-])CCCCCCCC/C=C\CCCCCCCC.CCCCCCCC/C=C\CCCCCCCCP(=O)([O-])CCCCCCCC/C=C\CCCCCCCC.[Fe+2]. The Hall–Kier alpha value is -0.141. The average Bonchev–Trinajstić information content (AvgIpc) is 3.42. The zero-order valence-electron chi connectivity index (χ0n) is 53.9. The van der Waals surface area contributed by atoms with E-state index in [0.717, 1.165) is 51.4 Å². The van der Waals surface area contributed by atoms with Crippen molar-refractivity contribution in [2.45, 2.75) is 387 Å². The molecule has 0 aromatic rings. The fraction of sp³-hybridized carbons (Fsp3) is 0.889. The largest absolute Gasteiger partial charge is 2.00 e. The molecule has 470 valence electrons. The maximum atomic E-state index is 12.3. The molecule has 0 unspecified atom stereocenters. The molecule has 0 saturated heterocycles. The van der Waals surface area contributed by atoms with Gasteiger partial charge in [-0.15, -0.1) is 0 Å². The summed E-state index contributed by atoms with van der Waals surface area (Å²) in [6, 6.07) is 0. The molecule has 0 radical (unpaired) electrons. The van der Waals surface area contributed by atoms with Gasteiger partial charge in [-0.2, -0.15) is 0 Å². The van der Waals surface area contributed by atoms with Crippen LogP contribution < -0.4 is 9.79 Å². The Balaban J connectivity index is -0.00000144. The van der Waals surface area contributed by atoms with Crippen LogP contribution in [0, 0.1) is 0 Å². The number of unbranched alkanes of at least 4 members (excludes halogenated alkanes) is 48. The van der Waals surface area contributed by atoms with Crippen molar-refractivity contribution in [2.24, 2.45) is 0 Å². The van der Waals surface area contributed by atoms with Crippen molar-refractivity contribution in [2.75, 3.05) is 24.6 Å². The van der Waals surface area contributed by atoms with Gasteiger partial charge >= 0.3 is 17.1 Å². The summed E-state index contributed by atoms with van der Waals surface area (Å²) in [5.74, 6) is 0. The van der Waals surface area contributed by atoms with Crippen molar-refractivity contribution in [3.05, 3.63) is 48.6 Å². The molecule has 4 nitrogen and oxygen atoms in total. The van der Waals surface area contributed by atoms with Crippen LogP contribution in [-0.4, -0.2) is 24.6 Å². The zero-order chi connectivity index (χ0) is 57.1. The number of allylic oxidation sites excluding steroid dienone is 8. The summed E-state index contributed by atoms with van der Waals surface area (Å²) < 4.78 is 24.7. The van der Waals surface area contributed by atoms with Gasteiger partial charge in [-0.1, -0.05) is 307 Å². The third-order valence-corrected chi connectivity index (χ3v) is 20.0. The van der Waals surface area contributed by atoms with Crippen molar-refractivity contribution >= 4 is 14.7 Å². The van der Waals surface area contributed by atoms with Gasteiger partial charge in [0.15, 0.2) is 0 Å². The first-order valence-electron chi connectivity index (χ1n) is 35.4. The number of rotatable bonds is 64. The normalized spacial score (nSPS) is 12.2. The van der Waals surface area contributed by atoms with Crippen LogP contribution in [0.15, 0.2) is 48.6 Å². The van der Waals surface area contributed by atoms with Gasteiger partial charge in [0.25, 0.3) is 0 Å². The van der Waals surface area contributed by atoms with E-state index in [0.29, 0.717) is 24.6 Å². The molecule has 7 heteroatoms. The first-order valence-corrected chi connectivity index (χ1v) is 39.4. The van der Waals surface area contributed by atoms with Crippen molar-refractivity contribution in [3.63, 3.8) is 0 Å². The maximum absolute atomic E-state index is 12.3. The summed E-state index contributed by atoms with van der Waals surface area (Å²) >= 11 is 0. The van der Waals surface area contributed by atoms with E-state index < -0.39 is 14.7 Å². The second-order valence-corrected chi connectivity index (χ2v) is 29.3. The predicted molar refractivity (Wildman–Crippen MR) is 352 cm³/mol. The number of hydrogen-bond acceptors (Lipinski definition) is 4. The van der Waals surface area contributed by atoms with Crippen LogP contribution in [0.3, 0.4) is 0 Å². The molecule has 0 aromatic heterocycles. The Morgan fingerprint density at radius 2 is 0.316 bits per heavy atom. The Kier molecular flexibility index (Phi) is 75.8. The van der Waals surface area contributed by atoms with E-state index >= 15 is 0 Å². The monoisotopic (exact) mass is 1190 g/mol. The van der Waals surface area contributed by atoms with E-state index in [9.17, 15) is 18.9 Å². The molecule has 79 heavy (non-hydrogen) atoms. The van der Waals surface area contributed by atoms with E-state index in [1.54, 1.807) is 0 Å². The van der Waals surface area contributed by atoms with E-state index in [1.165, 1.54) is 308 Å². The van der Waals surface area contributed by atoms with Crippen molar-refractivity contribution in [1.29, 1.82) is 0 Å². The minimum absolute atomic E-state index is 0. The van der Waals surface area contributed by atoms with Gasteiger partial charge in [0.2, 0.25) is 0 Å². The molecule has 0 fully saturated rings. The second-order valence-electron chi connectivity index (χ2n) is 24.3. The quantitative estimate of drug-likeness (QED) is 0.0263. The third kappa shape index (κ3) is 77.9. The van der Waals surface area contributed by atoms with E-state index in [2.05, 4.69) is 76.3 Å². The van der Waals surface area contributed by atoms with Gasteiger partial charge in [-0.3, -0.25) is 0 Å². The molecule has 0 bridgehead atoms. The maximum Gasteiger partial charge on any atom is 2.00 e. The van der Waals surface area contributed by atoms with Crippen LogP contribution in [-0.2, 0) is 26.2 Å². The second kappa shape index (κ2) is 72.1. The van der Waals surface area contributed by atoms with Crippen molar-refractivity contribution in [1.82, 2.24) is 0 Å². The van der Waals surface area contributed by atoms with Crippen molar-refractivity contribution < 1.29 is 36.0 Å². The molecule has 0 N–H and O–H groups in total. The van der Waals surface area contributed by atoms with Gasteiger partial charge in [-0.25, -0.2) is 0 Å². The van der Waals surface area contributed by atoms with Crippen LogP contribution in [0.4, 0.5) is 0 Å². The van der Waals surface area contributed by atoms with Gasteiger partial charge in [0, 0.05) is 14.7 Å². The molecule has 0 saturated carbocycles. The molecular weight excluding hydrogens is 1050 g/mol. The summed E-state index contributed by atoms with van der Waals surface area (Å²) in [5.41, 5.74) is 0. The molecule has 0 rings (SSSR count). The Bertz CT molecular complexity index is 1150. The smallest absolute Gasteiger partial charge is 0.799 e. The first kappa shape index (κ1) is 83.1. The van der Waals surface area contributed by atoms with Crippen LogP contribution in [0.2, 0.25) is 0 Å². The van der Waals surface area contributed by atoms with E-state index in [1.807, 2.05) is 0 Å². The zero-order valence-corrected chi connectivity index (χ0v) is 56.8. The van der Waals surface area contributed by atoms with Crippen LogP contribution in [0.1, 0.15) is 387 Å². The summed E-state index contributed by atoms with van der Waals surface area (Å²) in [4.78, 5) is 24.7. The van der Waals surface area contributed by atoms with Crippen LogP contribution in [0.25, 0.3) is 0 Å². The fourth-order valence-corrected chi connectivity index (χ4v) is 13.9. The fourth-order valence-electron chi connectivity index (χ4n) is 10.6.